The lowest BCUT2D eigenvalue weighted by molar-refractivity contribution is 1.18. The lowest BCUT2D eigenvalue weighted by Gasteiger charge is -2.09. The van der Waals surface area contributed by atoms with Crippen LogP contribution in [0, 0.1) is 0 Å². The number of fused-ring (bicyclic) bond motifs is 5. The van der Waals surface area contributed by atoms with E-state index in [-0.39, 0.29) is 0 Å². The quantitative estimate of drug-likeness (QED) is 0.309. The molecule has 24 heavy (non-hydrogen) atoms. The Hall–Kier alpha value is -2.58. The van der Waals surface area contributed by atoms with E-state index >= 15 is 0 Å². The number of hydrogen-bond donors (Lipinski definition) is 0. The second kappa shape index (κ2) is 5.22. The van der Waals surface area contributed by atoms with E-state index in [0.717, 1.165) is 4.47 Å². The summed E-state index contributed by atoms with van der Waals surface area (Å²) in [6, 6.07) is 30.0. The molecule has 0 fully saturated rings. The van der Waals surface area contributed by atoms with E-state index in [1.807, 2.05) is 0 Å². The maximum absolute atomic E-state index is 3.82. The van der Waals surface area contributed by atoms with E-state index in [4.69, 9.17) is 0 Å². The summed E-state index contributed by atoms with van der Waals surface area (Å²) in [6.07, 6.45) is 0. The van der Waals surface area contributed by atoms with Gasteiger partial charge in [-0.2, -0.15) is 0 Å². The van der Waals surface area contributed by atoms with Crippen molar-refractivity contribution in [2.45, 2.75) is 0 Å². The molecular formula is C22H14BrN. The number of aromatic nitrogens is 1. The highest BCUT2D eigenvalue weighted by atomic mass is 79.9. The Kier molecular flexibility index (Phi) is 3.00. The largest absolute Gasteiger partial charge is 0.308 e. The van der Waals surface area contributed by atoms with Crippen molar-refractivity contribution in [2.75, 3.05) is 0 Å². The zero-order valence-electron chi connectivity index (χ0n) is 12.9. The van der Waals surface area contributed by atoms with Gasteiger partial charge < -0.3 is 4.57 Å². The third-order valence-electron chi connectivity index (χ3n) is 4.63. The fraction of sp³-hybridized carbons (Fsp3) is 0. The summed E-state index contributed by atoms with van der Waals surface area (Å²) in [5.74, 6) is 0. The van der Waals surface area contributed by atoms with E-state index in [2.05, 4.69) is 105 Å². The molecule has 0 amide bonds. The minimum atomic E-state index is 1.12. The summed E-state index contributed by atoms with van der Waals surface area (Å²) in [6.45, 7) is 0. The minimum absolute atomic E-state index is 1.12. The van der Waals surface area contributed by atoms with E-state index in [1.54, 1.807) is 0 Å². The second-order valence-electron chi connectivity index (χ2n) is 5.99. The Labute approximate surface area is 148 Å². The van der Waals surface area contributed by atoms with Gasteiger partial charge in [-0.3, -0.25) is 0 Å². The van der Waals surface area contributed by atoms with Gasteiger partial charge in [-0.25, -0.2) is 0 Å². The van der Waals surface area contributed by atoms with E-state index < -0.39 is 0 Å². The van der Waals surface area contributed by atoms with Crippen LogP contribution in [0.4, 0.5) is 0 Å². The molecule has 0 aliphatic rings. The molecular weight excluding hydrogens is 358 g/mol. The molecule has 0 aliphatic heterocycles. The van der Waals surface area contributed by atoms with Crippen LogP contribution in [0.3, 0.4) is 0 Å². The number of benzene rings is 4. The van der Waals surface area contributed by atoms with Crippen LogP contribution in [0.5, 0.6) is 0 Å². The predicted molar refractivity (Wildman–Crippen MR) is 106 cm³/mol. The van der Waals surface area contributed by atoms with Gasteiger partial charge in [0.25, 0.3) is 0 Å². The number of para-hydroxylation sites is 2. The molecule has 0 N–H and O–H groups in total. The molecule has 0 saturated carbocycles. The van der Waals surface area contributed by atoms with Crippen LogP contribution < -0.4 is 0 Å². The van der Waals surface area contributed by atoms with Crippen LogP contribution in [-0.2, 0) is 0 Å². The first kappa shape index (κ1) is 13.8. The predicted octanol–water partition coefficient (Wildman–Crippen LogP) is 6.70. The lowest BCUT2D eigenvalue weighted by atomic mass is 10.0. The van der Waals surface area contributed by atoms with Crippen molar-refractivity contribution in [1.82, 2.24) is 4.57 Å². The van der Waals surface area contributed by atoms with Crippen molar-refractivity contribution in [1.29, 1.82) is 0 Å². The van der Waals surface area contributed by atoms with Gasteiger partial charge in [-0.1, -0.05) is 60.7 Å². The molecule has 0 atom stereocenters. The molecule has 0 saturated heterocycles. The van der Waals surface area contributed by atoms with Gasteiger partial charge in [0.1, 0.15) is 0 Å². The Balaban J connectivity index is 2.11. The molecule has 0 aliphatic carbocycles. The van der Waals surface area contributed by atoms with Crippen LogP contribution in [0.15, 0.2) is 89.4 Å². The standard InChI is InChI=1S/C22H14BrN/c23-19-14-15-8-4-5-11-17(15)21-18-12-6-7-13-20(18)24(22(19)21)16-9-2-1-3-10-16/h1-14H. The van der Waals surface area contributed by atoms with Crippen LogP contribution in [-0.4, -0.2) is 4.57 Å². The maximum Gasteiger partial charge on any atom is 0.0689 e. The molecule has 0 spiro atoms. The van der Waals surface area contributed by atoms with Gasteiger partial charge >= 0.3 is 0 Å². The molecule has 0 radical (unpaired) electrons. The Bertz CT molecular complexity index is 1200. The highest BCUT2D eigenvalue weighted by Gasteiger charge is 2.16. The second-order valence-corrected chi connectivity index (χ2v) is 6.85. The van der Waals surface area contributed by atoms with Crippen molar-refractivity contribution in [3.05, 3.63) is 89.4 Å². The maximum atomic E-state index is 3.82. The Morgan fingerprint density at radius 1 is 0.667 bits per heavy atom. The number of nitrogens with zero attached hydrogens (tertiary/aromatic N) is 1. The molecule has 1 aromatic heterocycles. The first-order valence-electron chi connectivity index (χ1n) is 8.00. The van der Waals surface area contributed by atoms with E-state index in [1.165, 1.54) is 38.3 Å². The van der Waals surface area contributed by atoms with Crippen LogP contribution >= 0.6 is 15.9 Å². The molecule has 114 valence electrons. The monoisotopic (exact) mass is 371 g/mol. The molecule has 1 nitrogen and oxygen atoms in total. The van der Waals surface area contributed by atoms with Crippen molar-refractivity contribution in [3.63, 3.8) is 0 Å². The van der Waals surface area contributed by atoms with Crippen molar-refractivity contribution < 1.29 is 0 Å². The fourth-order valence-electron chi connectivity index (χ4n) is 3.64. The molecule has 2 heteroatoms. The average molecular weight is 372 g/mol. The summed E-state index contributed by atoms with van der Waals surface area (Å²) >= 11 is 3.82. The summed E-state index contributed by atoms with van der Waals surface area (Å²) in [5.41, 5.74) is 3.64. The summed E-state index contributed by atoms with van der Waals surface area (Å²) in [4.78, 5) is 0. The normalized spacial score (nSPS) is 11.5. The minimum Gasteiger partial charge on any atom is -0.308 e. The number of rotatable bonds is 1. The smallest absolute Gasteiger partial charge is 0.0689 e. The summed E-state index contributed by atoms with van der Waals surface area (Å²) in [7, 11) is 0. The van der Waals surface area contributed by atoms with Crippen LogP contribution in [0.2, 0.25) is 0 Å². The third-order valence-corrected chi connectivity index (χ3v) is 5.23. The first-order valence-corrected chi connectivity index (χ1v) is 8.80. The van der Waals surface area contributed by atoms with Gasteiger partial charge in [-0.15, -0.1) is 0 Å². The molecule has 5 aromatic rings. The molecule has 0 bridgehead atoms. The summed E-state index contributed by atoms with van der Waals surface area (Å²) in [5, 5.41) is 5.14. The Morgan fingerprint density at radius 3 is 2.17 bits per heavy atom. The SMILES string of the molecule is Brc1cc2ccccc2c2c3ccccc3n(-c3ccccc3)c12. The fourth-order valence-corrected chi connectivity index (χ4v) is 4.26. The highest BCUT2D eigenvalue weighted by Crippen LogP contribution is 2.40. The third kappa shape index (κ3) is 1.87. The van der Waals surface area contributed by atoms with Gasteiger partial charge in [0.05, 0.1) is 11.0 Å². The molecule has 5 rings (SSSR count). The van der Waals surface area contributed by atoms with Gasteiger partial charge in [-0.05, 0) is 51.0 Å². The van der Waals surface area contributed by atoms with E-state index in [0.29, 0.717) is 0 Å². The van der Waals surface area contributed by atoms with Crippen molar-refractivity contribution in [3.8, 4) is 5.69 Å². The van der Waals surface area contributed by atoms with Gasteiger partial charge in [0.15, 0.2) is 0 Å². The first-order chi connectivity index (χ1) is 11.8. The molecule has 0 unspecified atom stereocenters. The highest BCUT2D eigenvalue weighted by molar-refractivity contribution is 9.10. The summed E-state index contributed by atoms with van der Waals surface area (Å²) < 4.78 is 3.47. The van der Waals surface area contributed by atoms with Gasteiger partial charge in [0.2, 0.25) is 0 Å². The van der Waals surface area contributed by atoms with Crippen molar-refractivity contribution in [2.24, 2.45) is 0 Å². The zero-order valence-corrected chi connectivity index (χ0v) is 14.5. The van der Waals surface area contributed by atoms with Gasteiger partial charge in [0, 0.05) is 20.9 Å². The van der Waals surface area contributed by atoms with Crippen LogP contribution in [0.25, 0.3) is 38.3 Å². The zero-order chi connectivity index (χ0) is 16.1. The molecule has 4 aromatic carbocycles. The Morgan fingerprint density at radius 2 is 1.33 bits per heavy atom. The molecule has 1 heterocycles. The number of halogens is 1. The topological polar surface area (TPSA) is 4.93 Å². The van der Waals surface area contributed by atoms with Crippen molar-refractivity contribution >= 4 is 48.5 Å². The average Bonchev–Trinajstić information content (AvgIpc) is 2.99. The lowest BCUT2D eigenvalue weighted by Crippen LogP contribution is -1.93. The van der Waals surface area contributed by atoms with Crippen LogP contribution in [0.1, 0.15) is 0 Å². The number of hydrogen-bond acceptors (Lipinski definition) is 0. The van der Waals surface area contributed by atoms with E-state index in [9.17, 15) is 0 Å².